The minimum Gasteiger partial charge on any atom is -0.444 e. The molecule has 14 atom stereocenters. The van der Waals surface area contributed by atoms with Crippen molar-refractivity contribution < 1.29 is 82.6 Å². The van der Waals surface area contributed by atoms with Crippen molar-refractivity contribution in [2.75, 3.05) is 13.1 Å². The molecule has 11 N–H and O–H groups in total. The first-order valence-electron chi connectivity index (χ1n) is 19.6. The molecule has 2 aliphatic heterocycles. The molecule has 3 aliphatic rings. The van der Waals surface area contributed by atoms with Crippen LogP contribution in [0.5, 0.6) is 0 Å². The number of rotatable bonds is 10. The van der Waals surface area contributed by atoms with Crippen molar-refractivity contribution >= 4 is 24.4 Å². The molecular weight excluding hydrogens is 786 g/mol. The van der Waals surface area contributed by atoms with Crippen LogP contribution in [0.4, 0.5) is 19.2 Å². The lowest BCUT2D eigenvalue weighted by atomic mass is 9.83. The van der Waals surface area contributed by atoms with Crippen LogP contribution in [-0.4, -0.2) is 171 Å². The molecule has 342 valence electrons. The molecule has 22 heteroatoms. The maximum atomic E-state index is 13.4. The van der Waals surface area contributed by atoms with E-state index in [-0.39, 0.29) is 13.0 Å². The molecule has 0 aromatic carbocycles. The highest BCUT2D eigenvalue weighted by molar-refractivity contribution is 5.70. The molecule has 59 heavy (non-hydrogen) atoms. The van der Waals surface area contributed by atoms with Gasteiger partial charge in [-0.15, -0.1) is 0 Å². The summed E-state index contributed by atoms with van der Waals surface area (Å²) >= 11 is 0. The Balaban J connectivity index is 2.13. The second-order valence-electron chi connectivity index (χ2n) is 18.8. The van der Waals surface area contributed by atoms with Crippen LogP contribution in [-0.2, 0) is 37.9 Å². The van der Waals surface area contributed by atoms with Crippen molar-refractivity contribution in [3.8, 4) is 0 Å². The van der Waals surface area contributed by atoms with Crippen LogP contribution in [0, 0.1) is 0 Å². The summed E-state index contributed by atoms with van der Waals surface area (Å²) in [6.07, 6.45) is -22.0. The molecule has 0 radical (unpaired) electrons. The highest BCUT2D eigenvalue weighted by atomic mass is 16.7. The fourth-order valence-electron chi connectivity index (χ4n) is 6.38. The monoisotopic (exact) mass is 853 g/mol. The smallest absolute Gasteiger partial charge is 0.408 e. The maximum Gasteiger partial charge on any atom is 0.408 e. The number of carbonyl (C=O) groups excluding carboxylic acids is 4. The number of aliphatic hydroxyl groups excluding tert-OH is 5. The predicted octanol–water partition coefficient (Wildman–Crippen LogP) is -0.422. The van der Waals surface area contributed by atoms with E-state index in [2.05, 4.69) is 21.3 Å². The Morgan fingerprint density at radius 1 is 0.542 bits per heavy atom. The zero-order valence-electron chi connectivity index (χ0n) is 35.9. The van der Waals surface area contributed by atoms with Crippen LogP contribution in [0.15, 0.2) is 0 Å². The second-order valence-corrected chi connectivity index (χ2v) is 18.8. The Morgan fingerprint density at radius 3 is 1.44 bits per heavy atom. The van der Waals surface area contributed by atoms with Gasteiger partial charge in [0.2, 0.25) is 0 Å². The normalized spacial score (nSPS) is 34.3. The van der Waals surface area contributed by atoms with Crippen LogP contribution in [0.3, 0.4) is 0 Å². The van der Waals surface area contributed by atoms with Crippen molar-refractivity contribution in [2.45, 2.75) is 198 Å². The molecule has 4 amide bonds. The van der Waals surface area contributed by atoms with Gasteiger partial charge in [0, 0.05) is 13.1 Å². The molecule has 2 saturated heterocycles. The minimum absolute atomic E-state index is 0.232. The zero-order valence-corrected chi connectivity index (χ0v) is 35.9. The number of hydrogen-bond acceptors (Lipinski definition) is 18. The lowest BCUT2D eigenvalue weighted by Gasteiger charge is -2.49. The Labute approximate surface area is 344 Å². The number of nitrogens with one attached hydrogen (secondary N) is 4. The number of alkyl carbamates (subject to hydrolysis) is 4. The highest BCUT2D eigenvalue weighted by Gasteiger charge is 2.55. The third kappa shape index (κ3) is 15.3. The van der Waals surface area contributed by atoms with Gasteiger partial charge in [-0.3, -0.25) is 0 Å². The summed E-state index contributed by atoms with van der Waals surface area (Å²) in [4.78, 5) is 52.1. The van der Waals surface area contributed by atoms with Gasteiger partial charge in [0.1, 0.15) is 83.4 Å². The van der Waals surface area contributed by atoms with Gasteiger partial charge in [-0.2, -0.15) is 0 Å². The predicted molar refractivity (Wildman–Crippen MR) is 204 cm³/mol. The average Bonchev–Trinajstić information content (AvgIpc) is 3.31. The molecule has 0 bridgehead atoms. The third-order valence-electron chi connectivity index (χ3n) is 8.75. The van der Waals surface area contributed by atoms with Crippen LogP contribution in [0.1, 0.15) is 89.5 Å². The minimum atomic E-state index is -1.86. The Kier molecular flexibility index (Phi) is 16.6. The summed E-state index contributed by atoms with van der Waals surface area (Å²) in [5.41, 5.74) is 1.87. The second kappa shape index (κ2) is 19.6. The van der Waals surface area contributed by atoms with Crippen molar-refractivity contribution in [3.05, 3.63) is 0 Å². The van der Waals surface area contributed by atoms with E-state index in [1.807, 2.05) is 0 Å². The quantitative estimate of drug-likeness (QED) is 0.125. The van der Waals surface area contributed by atoms with Crippen molar-refractivity contribution in [3.63, 3.8) is 0 Å². The molecule has 0 aromatic heterocycles. The van der Waals surface area contributed by atoms with Gasteiger partial charge in [0.05, 0.1) is 12.1 Å². The van der Waals surface area contributed by atoms with Gasteiger partial charge in [0.25, 0.3) is 0 Å². The van der Waals surface area contributed by atoms with Gasteiger partial charge in [-0.1, -0.05) is 0 Å². The van der Waals surface area contributed by atoms with Gasteiger partial charge in [-0.05, 0) is 89.5 Å². The van der Waals surface area contributed by atoms with Crippen LogP contribution in [0.2, 0.25) is 0 Å². The van der Waals surface area contributed by atoms with Gasteiger partial charge in [-0.25, -0.2) is 19.2 Å². The Hall–Kier alpha value is -3.32. The summed E-state index contributed by atoms with van der Waals surface area (Å²) in [5.74, 6) is 0. The molecule has 2 heterocycles. The van der Waals surface area contributed by atoms with E-state index in [4.69, 9.17) is 43.6 Å². The van der Waals surface area contributed by atoms with Gasteiger partial charge < -0.3 is 90.4 Å². The summed E-state index contributed by atoms with van der Waals surface area (Å²) in [7, 11) is 0. The van der Waals surface area contributed by atoms with E-state index >= 15 is 0 Å². The maximum absolute atomic E-state index is 13.4. The molecule has 0 spiro atoms. The molecule has 1 saturated carbocycles. The van der Waals surface area contributed by atoms with Crippen LogP contribution >= 0.6 is 0 Å². The first kappa shape index (κ1) is 50.0. The van der Waals surface area contributed by atoms with Gasteiger partial charge in [0.15, 0.2) is 12.6 Å². The van der Waals surface area contributed by atoms with E-state index in [1.54, 1.807) is 83.1 Å². The Morgan fingerprint density at radius 2 is 0.966 bits per heavy atom. The lowest BCUT2D eigenvalue weighted by molar-refractivity contribution is -0.310. The molecule has 1 aliphatic carbocycles. The Bertz CT molecular complexity index is 1430. The topological polar surface area (TPSA) is 317 Å². The SMILES string of the molecule is CC(C)(C)OC(=O)NC[C@H]1O[C@H](O[C@H]2[C@H](O[C@@H]3O[C@H](CN)[C@@H](O)[C@H]3O)[C@@H](O)[C@H](NC(=O)OC(C)(C)C)C[C@@H]2NC(=O)OC(C)(C)C)[C@H](NC(=O)OC(C)(C)C)[C@@H](O)[C@@H]1O. The zero-order chi connectivity index (χ0) is 45.0. The number of hydrogen-bond donors (Lipinski definition) is 10. The number of ether oxygens (including phenoxy) is 8. The van der Waals surface area contributed by atoms with E-state index < -0.39 is 139 Å². The summed E-state index contributed by atoms with van der Waals surface area (Å²) in [6, 6.07) is -4.18. The van der Waals surface area contributed by atoms with Crippen LogP contribution < -0.4 is 27.0 Å². The summed E-state index contributed by atoms with van der Waals surface area (Å²) < 4.78 is 46.0. The van der Waals surface area contributed by atoms with Crippen molar-refractivity contribution in [2.24, 2.45) is 5.73 Å². The molecule has 0 aromatic rings. The lowest BCUT2D eigenvalue weighted by Crippen LogP contribution is -2.70. The first-order valence-corrected chi connectivity index (χ1v) is 19.6. The standard InChI is InChI=1S/C37H67N5O17/c1-34(2,3)56-30(48)39-15-19-23(45)24(46)20(42-33(51)59-37(10,11)12)28(53-19)54-26-17(41-32(50)58-36(7,8)9)13-16(40-31(49)57-35(4,5)6)21(43)27(26)55-29-25(47)22(44)18(14-38)52-29/h16-29,43-47H,13-15,38H2,1-12H3,(H,39,48)(H,40,49)(H,41,50)(H,42,51)/t16-,17+,18-,19-,20-,21+,22-,23-,24-,25-,26-,27-,28-,29+/m1/s1. The number of amides is 4. The average molecular weight is 854 g/mol. The van der Waals surface area contributed by atoms with Gasteiger partial charge >= 0.3 is 24.4 Å². The molecular formula is C37H67N5O17. The molecule has 3 fully saturated rings. The number of carbonyl (C=O) groups is 4. The van der Waals surface area contributed by atoms with Crippen molar-refractivity contribution in [1.82, 2.24) is 21.3 Å². The van der Waals surface area contributed by atoms with E-state index in [0.29, 0.717) is 0 Å². The first-order chi connectivity index (χ1) is 26.9. The highest BCUT2D eigenvalue weighted by Crippen LogP contribution is 2.34. The van der Waals surface area contributed by atoms with E-state index in [0.717, 1.165) is 0 Å². The summed E-state index contributed by atoms with van der Waals surface area (Å²) in [5, 5.41) is 66.3. The fraction of sp³-hybridized carbons (Fsp3) is 0.892. The van der Waals surface area contributed by atoms with E-state index in [9.17, 15) is 44.7 Å². The number of nitrogens with two attached hydrogens (primary N) is 1. The largest absolute Gasteiger partial charge is 0.444 e. The molecule has 22 nitrogen and oxygen atoms in total. The molecule has 3 rings (SSSR count). The van der Waals surface area contributed by atoms with Crippen LogP contribution in [0.25, 0.3) is 0 Å². The summed E-state index contributed by atoms with van der Waals surface area (Å²) in [6.45, 7) is 18.7. The third-order valence-corrected chi connectivity index (χ3v) is 8.75. The van der Waals surface area contributed by atoms with E-state index in [1.165, 1.54) is 0 Å². The van der Waals surface area contributed by atoms with Crippen molar-refractivity contribution in [1.29, 1.82) is 0 Å². The number of aliphatic hydroxyl groups is 5. The molecule has 0 unspecified atom stereocenters. The fourth-order valence-corrected chi connectivity index (χ4v) is 6.38.